The fourth-order valence-electron chi connectivity index (χ4n) is 2.82. The smallest absolute Gasteiger partial charge is 0.214 e. The fraction of sp³-hybridized carbons (Fsp3) is 0.533. The predicted molar refractivity (Wildman–Crippen MR) is 86.3 cm³/mol. The monoisotopic (exact) mass is 349 g/mol. The Kier molecular flexibility index (Phi) is 4.07. The molecule has 1 unspecified atom stereocenters. The summed E-state index contributed by atoms with van der Waals surface area (Å²) in [6.07, 6.45) is 4.98. The summed E-state index contributed by atoms with van der Waals surface area (Å²) in [6.45, 7) is 1.84. The highest BCUT2D eigenvalue weighted by atomic mass is 32.2. The lowest BCUT2D eigenvalue weighted by Crippen LogP contribution is -2.34. The van der Waals surface area contributed by atoms with E-state index >= 15 is 0 Å². The van der Waals surface area contributed by atoms with Crippen molar-refractivity contribution >= 4 is 10.0 Å². The van der Waals surface area contributed by atoms with Gasteiger partial charge in [-0.25, -0.2) is 17.8 Å². The highest BCUT2D eigenvalue weighted by Gasteiger charge is 2.36. The predicted octanol–water partition coefficient (Wildman–Crippen LogP) is 0.568. The van der Waals surface area contributed by atoms with Crippen LogP contribution in [0.1, 0.15) is 18.5 Å². The number of rotatable bonds is 5. The number of sulfonamides is 1. The van der Waals surface area contributed by atoms with Crippen LogP contribution in [0.2, 0.25) is 0 Å². The van der Waals surface area contributed by atoms with E-state index in [4.69, 9.17) is 4.74 Å². The standard InChI is InChI=1S/C15H19N5O3S/c21-24(22,13-3-4-13)17-6-11-8-20-14(10-23-9-11)15(18-19-20)12-2-1-5-16-7-12/h1-2,5,7,11,13,17H,3-4,6,8-10H2. The Morgan fingerprint density at radius 1 is 1.38 bits per heavy atom. The van der Waals surface area contributed by atoms with Gasteiger partial charge in [0, 0.05) is 37.0 Å². The molecule has 8 nitrogen and oxygen atoms in total. The molecule has 1 aliphatic heterocycles. The first-order chi connectivity index (χ1) is 11.6. The van der Waals surface area contributed by atoms with Crippen LogP contribution in [0, 0.1) is 5.92 Å². The fourth-order valence-corrected chi connectivity index (χ4v) is 4.28. The molecule has 3 heterocycles. The second-order valence-corrected chi connectivity index (χ2v) is 8.33. The summed E-state index contributed by atoms with van der Waals surface area (Å²) < 4.78 is 34.2. The molecular formula is C15H19N5O3S. The zero-order valence-corrected chi connectivity index (χ0v) is 13.9. The van der Waals surface area contributed by atoms with Crippen molar-refractivity contribution < 1.29 is 13.2 Å². The molecule has 2 aromatic rings. The lowest BCUT2D eigenvalue weighted by atomic mass is 10.1. The molecule has 128 valence electrons. The van der Waals surface area contributed by atoms with Gasteiger partial charge in [0.15, 0.2) is 0 Å². The number of aromatic nitrogens is 4. The van der Waals surface area contributed by atoms with Crippen LogP contribution in [-0.2, 0) is 27.9 Å². The minimum atomic E-state index is -3.17. The van der Waals surface area contributed by atoms with E-state index in [0.29, 0.717) is 26.3 Å². The van der Waals surface area contributed by atoms with Crippen LogP contribution in [0.25, 0.3) is 11.3 Å². The number of ether oxygens (including phenoxy) is 1. The van der Waals surface area contributed by atoms with E-state index in [1.165, 1.54) is 0 Å². The molecular weight excluding hydrogens is 330 g/mol. The van der Waals surface area contributed by atoms with Crippen LogP contribution in [0.15, 0.2) is 24.5 Å². The molecule has 2 aliphatic rings. The Labute approximate surface area is 140 Å². The normalized spacial score (nSPS) is 21.2. The van der Waals surface area contributed by atoms with Crippen LogP contribution in [-0.4, -0.2) is 46.8 Å². The number of hydrogen-bond donors (Lipinski definition) is 1. The van der Waals surface area contributed by atoms with Crippen molar-refractivity contribution in [2.24, 2.45) is 5.92 Å². The maximum atomic E-state index is 12.0. The van der Waals surface area contributed by atoms with Crippen molar-refractivity contribution in [1.29, 1.82) is 0 Å². The summed E-state index contributed by atoms with van der Waals surface area (Å²) in [5, 5.41) is 8.26. The van der Waals surface area contributed by atoms with E-state index in [1.54, 1.807) is 12.4 Å². The molecule has 1 aliphatic carbocycles. The molecule has 1 atom stereocenters. The maximum Gasteiger partial charge on any atom is 0.214 e. The Morgan fingerprint density at radius 3 is 3.00 bits per heavy atom. The van der Waals surface area contributed by atoms with E-state index in [2.05, 4.69) is 20.0 Å². The molecule has 0 amide bonds. The van der Waals surface area contributed by atoms with Crippen LogP contribution >= 0.6 is 0 Å². The molecule has 1 fully saturated rings. The van der Waals surface area contributed by atoms with E-state index in [0.717, 1.165) is 29.8 Å². The third-order valence-corrected chi connectivity index (χ3v) is 6.25. The first-order valence-corrected chi connectivity index (χ1v) is 9.57. The van der Waals surface area contributed by atoms with Gasteiger partial charge in [-0.3, -0.25) is 4.98 Å². The first-order valence-electron chi connectivity index (χ1n) is 8.02. The van der Waals surface area contributed by atoms with Crippen LogP contribution < -0.4 is 4.72 Å². The number of hydrogen-bond acceptors (Lipinski definition) is 6. The first kappa shape index (κ1) is 15.7. The zero-order chi connectivity index (χ0) is 16.6. The molecule has 0 spiro atoms. The minimum Gasteiger partial charge on any atom is -0.375 e. The topological polar surface area (TPSA) is 99.0 Å². The molecule has 0 saturated heterocycles. The van der Waals surface area contributed by atoms with Gasteiger partial charge < -0.3 is 4.74 Å². The summed E-state index contributed by atoms with van der Waals surface area (Å²) >= 11 is 0. The van der Waals surface area contributed by atoms with Crippen LogP contribution in [0.5, 0.6) is 0 Å². The van der Waals surface area contributed by atoms with Gasteiger partial charge in [-0.2, -0.15) is 0 Å². The highest BCUT2D eigenvalue weighted by molar-refractivity contribution is 7.90. The average Bonchev–Trinajstić information content (AvgIpc) is 3.40. The summed E-state index contributed by atoms with van der Waals surface area (Å²) in [5.74, 6) is 0.0308. The van der Waals surface area contributed by atoms with Crippen molar-refractivity contribution in [1.82, 2.24) is 24.7 Å². The highest BCUT2D eigenvalue weighted by Crippen LogP contribution is 2.28. The second kappa shape index (κ2) is 6.23. The van der Waals surface area contributed by atoms with Crippen molar-refractivity contribution in [2.75, 3.05) is 13.2 Å². The zero-order valence-electron chi connectivity index (χ0n) is 13.1. The molecule has 2 aromatic heterocycles. The summed E-state index contributed by atoms with van der Waals surface area (Å²) in [7, 11) is -3.17. The number of pyridine rings is 1. The maximum absolute atomic E-state index is 12.0. The molecule has 0 bridgehead atoms. The van der Waals surface area contributed by atoms with Gasteiger partial charge in [-0.15, -0.1) is 5.10 Å². The van der Waals surface area contributed by atoms with Crippen molar-refractivity contribution in [3.8, 4) is 11.3 Å². The van der Waals surface area contributed by atoms with E-state index in [1.807, 2.05) is 16.8 Å². The van der Waals surface area contributed by atoms with Gasteiger partial charge in [-0.05, 0) is 25.0 Å². The summed E-state index contributed by atoms with van der Waals surface area (Å²) in [5.41, 5.74) is 2.56. The molecule has 0 radical (unpaired) electrons. The molecule has 24 heavy (non-hydrogen) atoms. The van der Waals surface area contributed by atoms with Crippen molar-refractivity contribution in [3.63, 3.8) is 0 Å². The molecule has 9 heteroatoms. The van der Waals surface area contributed by atoms with Crippen molar-refractivity contribution in [3.05, 3.63) is 30.2 Å². The van der Waals surface area contributed by atoms with Gasteiger partial charge >= 0.3 is 0 Å². The van der Waals surface area contributed by atoms with Crippen LogP contribution in [0.4, 0.5) is 0 Å². The molecule has 0 aromatic carbocycles. The lowest BCUT2D eigenvalue weighted by Gasteiger charge is -2.14. The van der Waals surface area contributed by atoms with E-state index < -0.39 is 10.0 Å². The Morgan fingerprint density at radius 2 is 2.25 bits per heavy atom. The van der Waals surface area contributed by atoms with E-state index in [9.17, 15) is 8.42 Å². The largest absolute Gasteiger partial charge is 0.375 e. The Hall–Kier alpha value is -1.84. The molecule has 1 saturated carbocycles. The second-order valence-electron chi connectivity index (χ2n) is 6.28. The third kappa shape index (κ3) is 3.19. The Bertz CT molecular complexity index is 817. The van der Waals surface area contributed by atoms with Crippen LogP contribution in [0.3, 0.4) is 0 Å². The van der Waals surface area contributed by atoms with E-state index in [-0.39, 0.29) is 11.2 Å². The molecule has 1 N–H and O–H groups in total. The number of fused-ring (bicyclic) bond motifs is 1. The van der Waals surface area contributed by atoms with Gasteiger partial charge in [0.1, 0.15) is 5.69 Å². The third-order valence-electron chi connectivity index (χ3n) is 4.33. The summed E-state index contributed by atoms with van der Waals surface area (Å²) in [6, 6.07) is 3.79. The quantitative estimate of drug-likeness (QED) is 0.847. The summed E-state index contributed by atoms with van der Waals surface area (Å²) in [4.78, 5) is 4.11. The van der Waals surface area contributed by atoms with Gasteiger partial charge in [0.25, 0.3) is 0 Å². The lowest BCUT2D eigenvalue weighted by molar-refractivity contribution is 0.0959. The number of nitrogens with zero attached hydrogens (tertiary/aromatic N) is 4. The van der Waals surface area contributed by atoms with Crippen molar-refractivity contribution in [2.45, 2.75) is 31.2 Å². The number of nitrogens with one attached hydrogen (secondary N) is 1. The van der Waals surface area contributed by atoms with Gasteiger partial charge in [0.2, 0.25) is 10.0 Å². The average molecular weight is 349 g/mol. The Balaban J connectivity index is 1.49. The molecule has 4 rings (SSSR count). The minimum absolute atomic E-state index is 0.0308. The van der Waals surface area contributed by atoms with Gasteiger partial charge in [-0.1, -0.05) is 5.21 Å². The van der Waals surface area contributed by atoms with Gasteiger partial charge in [0.05, 0.1) is 24.2 Å². The SMILES string of the molecule is O=S(=O)(NCC1COCc2c(-c3cccnc3)nnn2C1)C1CC1.